The Hall–Kier alpha value is -3.63. The Bertz CT molecular complexity index is 1240. The van der Waals surface area contributed by atoms with Crippen molar-refractivity contribution in [2.24, 2.45) is 0 Å². The summed E-state index contributed by atoms with van der Waals surface area (Å²) in [6.45, 7) is 6.75. The Morgan fingerprint density at radius 2 is 1.82 bits per heavy atom. The van der Waals surface area contributed by atoms with E-state index in [4.69, 9.17) is 14.5 Å². The number of carboxylic acid groups (broad SMARTS) is 1. The van der Waals surface area contributed by atoms with Gasteiger partial charge in [-0.2, -0.15) is 0 Å². The Morgan fingerprint density at radius 3 is 2.50 bits per heavy atom. The lowest BCUT2D eigenvalue weighted by Gasteiger charge is -2.32. The third kappa shape index (κ3) is 7.02. The second-order valence-corrected chi connectivity index (χ2v) is 10.5. The summed E-state index contributed by atoms with van der Waals surface area (Å²) in [5, 5.41) is 13.6. The molecular weight excluding hydrogens is 504 g/mol. The fourth-order valence-electron chi connectivity index (χ4n) is 4.32. The summed E-state index contributed by atoms with van der Waals surface area (Å²) < 4.78 is 10.9. The van der Waals surface area contributed by atoms with Crippen LogP contribution in [0.2, 0.25) is 0 Å². The molecule has 2 aromatic carbocycles. The van der Waals surface area contributed by atoms with Crippen molar-refractivity contribution in [2.45, 2.75) is 25.8 Å². The summed E-state index contributed by atoms with van der Waals surface area (Å²) in [4.78, 5) is 34.8. The van der Waals surface area contributed by atoms with Crippen molar-refractivity contribution < 1.29 is 24.2 Å². The average Bonchev–Trinajstić information content (AvgIpc) is 3.29. The van der Waals surface area contributed by atoms with Crippen LogP contribution in [-0.2, 0) is 22.4 Å². The molecule has 38 heavy (non-hydrogen) atoms. The molecule has 9 nitrogen and oxygen atoms in total. The van der Waals surface area contributed by atoms with E-state index in [0.29, 0.717) is 18.7 Å². The maximum absolute atomic E-state index is 12.4. The molecule has 1 aromatic heterocycles. The number of carboxylic acids is 1. The summed E-state index contributed by atoms with van der Waals surface area (Å²) in [6, 6.07) is 13.3. The van der Waals surface area contributed by atoms with Gasteiger partial charge in [-0.3, -0.25) is 0 Å². The van der Waals surface area contributed by atoms with Crippen molar-refractivity contribution in [1.82, 2.24) is 9.88 Å². The van der Waals surface area contributed by atoms with Crippen molar-refractivity contribution in [2.75, 3.05) is 57.2 Å². The van der Waals surface area contributed by atoms with Gasteiger partial charge in [-0.1, -0.05) is 24.3 Å². The van der Waals surface area contributed by atoms with Crippen LogP contribution in [0.15, 0.2) is 48.5 Å². The SMILES string of the molecule is COC(=O)[C@H](Cc1ccc(OCCc2nc(N3CCN(C)CC3)sc2C)cc1)Nc1ccccc1C(=O)O. The van der Waals surface area contributed by atoms with Gasteiger partial charge in [-0.25, -0.2) is 14.6 Å². The number of aryl methyl sites for hydroxylation is 1. The van der Waals surface area contributed by atoms with Crippen molar-refractivity contribution >= 4 is 34.1 Å². The summed E-state index contributed by atoms with van der Waals surface area (Å²) in [5.41, 5.74) is 2.43. The number of hydrogen-bond acceptors (Lipinski definition) is 9. The van der Waals surface area contributed by atoms with Crippen LogP contribution in [0.4, 0.5) is 10.8 Å². The van der Waals surface area contributed by atoms with Crippen LogP contribution in [0.25, 0.3) is 0 Å². The lowest BCUT2D eigenvalue weighted by Crippen LogP contribution is -2.44. The summed E-state index contributed by atoms with van der Waals surface area (Å²) >= 11 is 1.75. The molecule has 2 heterocycles. The van der Waals surface area contributed by atoms with Crippen molar-refractivity contribution in [1.29, 1.82) is 0 Å². The molecule has 1 aliphatic heterocycles. The number of carbonyl (C=O) groups excluding carboxylic acids is 1. The number of carbonyl (C=O) groups is 2. The molecular formula is C28H34N4O5S. The molecule has 0 amide bonds. The third-order valence-corrected chi connectivity index (χ3v) is 7.67. The number of aromatic nitrogens is 1. The lowest BCUT2D eigenvalue weighted by molar-refractivity contribution is -0.141. The molecule has 202 valence electrons. The molecule has 0 saturated carbocycles. The zero-order chi connectivity index (χ0) is 27.1. The van der Waals surface area contributed by atoms with Crippen LogP contribution < -0.4 is 15.0 Å². The first kappa shape index (κ1) is 27.4. The number of anilines is 2. The summed E-state index contributed by atoms with van der Waals surface area (Å²) in [7, 11) is 3.46. The second-order valence-electron chi connectivity index (χ2n) is 9.31. The van der Waals surface area contributed by atoms with E-state index in [1.165, 1.54) is 18.1 Å². The maximum Gasteiger partial charge on any atom is 0.337 e. The lowest BCUT2D eigenvalue weighted by atomic mass is 10.0. The highest BCUT2D eigenvalue weighted by atomic mass is 32.1. The van der Waals surface area contributed by atoms with Gasteiger partial charge in [0.1, 0.15) is 11.8 Å². The second kappa shape index (κ2) is 12.7. The molecule has 0 spiro atoms. The highest BCUT2D eigenvalue weighted by molar-refractivity contribution is 7.15. The molecule has 0 aliphatic carbocycles. The number of esters is 1. The first-order valence-electron chi connectivity index (χ1n) is 12.6. The Balaban J connectivity index is 1.32. The van der Waals surface area contributed by atoms with Gasteiger partial charge < -0.3 is 29.7 Å². The van der Waals surface area contributed by atoms with E-state index in [1.807, 2.05) is 24.3 Å². The molecule has 3 aromatic rings. The molecule has 0 unspecified atom stereocenters. The zero-order valence-corrected chi connectivity index (χ0v) is 22.8. The number of benzene rings is 2. The Kier molecular flexibility index (Phi) is 9.19. The number of para-hydroxylation sites is 1. The molecule has 1 aliphatic rings. The number of ether oxygens (including phenoxy) is 2. The zero-order valence-electron chi connectivity index (χ0n) is 22.0. The number of hydrogen-bond donors (Lipinski definition) is 2. The van der Waals surface area contributed by atoms with Gasteiger partial charge in [0.05, 0.1) is 25.0 Å². The van der Waals surface area contributed by atoms with Crippen molar-refractivity contribution in [3.8, 4) is 5.75 Å². The quantitative estimate of drug-likeness (QED) is 0.354. The normalized spacial score (nSPS) is 14.7. The Morgan fingerprint density at radius 1 is 1.11 bits per heavy atom. The van der Waals surface area contributed by atoms with Crippen LogP contribution in [0.3, 0.4) is 0 Å². The van der Waals surface area contributed by atoms with Gasteiger partial charge in [0, 0.05) is 49.6 Å². The first-order valence-corrected chi connectivity index (χ1v) is 13.4. The van der Waals surface area contributed by atoms with E-state index >= 15 is 0 Å². The van der Waals surface area contributed by atoms with E-state index in [1.54, 1.807) is 29.5 Å². The number of aromatic carboxylic acids is 1. The topological polar surface area (TPSA) is 104 Å². The fourth-order valence-corrected chi connectivity index (χ4v) is 5.33. The van der Waals surface area contributed by atoms with Crippen LogP contribution >= 0.6 is 11.3 Å². The van der Waals surface area contributed by atoms with E-state index in [-0.39, 0.29) is 5.56 Å². The smallest absolute Gasteiger partial charge is 0.337 e. The van der Waals surface area contributed by atoms with Crippen LogP contribution in [-0.4, -0.2) is 79.9 Å². The van der Waals surface area contributed by atoms with E-state index in [9.17, 15) is 14.7 Å². The predicted octanol–water partition coefficient (Wildman–Crippen LogP) is 3.72. The minimum Gasteiger partial charge on any atom is -0.493 e. The highest BCUT2D eigenvalue weighted by Crippen LogP contribution is 2.27. The molecule has 0 radical (unpaired) electrons. The molecule has 0 bridgehead atoms. The fraction of sp³-hybridized carbons (Fsp3) is 0.393. The minimum atomic E-state index is -1.07. The number of likely N-dealkylation sites (N-methyl/N-ethyl adjacent to an activating group) is 1. The van der Waals surface area contributed by atoms with E-state index in [0.717, 1.165) is 54.7 Å². The number of thiazole rings is 1. The van der Waals surface area contributed by atoms with Gasteiger partial charge in [0.15, 0.2) is 5.13 Å². The molecule has 10 heteroatoms. The molecule has 1 fully saturated rings. The van der Waals surface area contributed by atoms with Gasteiger partial charge >= 0.3 is 11.9 Å². The van der Waals surface area contributed by atoms with Gasteiger partial charge in [-0.15, -0.1) is 11.3 Å². The minimum absolute atomic E-state index is 0.0937. The molecule has 2 N–H and O–H groups in total. The van der Waals surface area contributed by atoms with Crippen LogP contribution in [0.5, 0.6) is 5.75 Å². The summed E-state index contributed by atoms with van der Waals surface area (Å²) in [6.07, 6.45) is 1.06. The van der Waals surface area contributed by atoms with Gasteiger partial charge in [-0.05, 0) is 43.8 Å². The van der Waals surface area contributed by atoms with E-state index in [2.05, 4.69) is 29.1 Å². The number of methoxy groups -OCH3 is 1. The largest absolute Gasteiger partial charge is 0.493 e. The third-order valence-electron chi connectivity index (χ3n) is 6.60. The van der Waals surface area contributed by atoms with Crippen LogP contribution in [0.1, 0.15) is 26.5 Å². The predicted molar refractivity (Wildman–Crippen MR) is 149 cm³/mol. The van der Waals surface area contributed by atoms with Crippen LogP contribution in [0, 0.1) is 6.92 Å². The van der Waals surface area contributed by atoms with E-state index < -0.39 is 18.0 Å². The van der Waals surface area contributed by atoms with Gasteiger partial charge in [0.25, 0.3) is 0 Å². The maximum atomic E-state index is 12.4. The highest BCUT2D eigenvalue weighted by Gasteiger charge is 2.22. The molecule has 1 saturated heterocycles. The van der Waals surface area contributed by atoms with Crippen molar-refractivity contribution in [3.05, 3.63) is 70.2 Å². The first-order chi connectivity index (χ1) is 18.3. The standard InChI is InChI=1S/C28H34N4O5S/c1-19-23(30-28(38-19)32-15-13-31(2)14-16-32)12-17-37-21-10-8-20(9-11-21)18-25(27(35)36-3)29-24-7-5-4-6-22(24)26(33)34/h4-11,25,29H,12-18H2,1-3H3,(H,33,34)/t25-/m0/s1. The van der Waals surface area contributed by atoms with Gasteiger partial charge in [0.2, 0.25) is 0 Å². The van der Waals surface area contributed by atoms with Crippen molar-refractivity contribution in [3.63, 3.8) is 0 Å². The number of rotatable bonds is 11. The Labute approximate surface area is 227 Å². The summed E-state index contributed by atoms with van der Waals surface area (Å²) in [5.74, 6) is -0.804. The molecule has 1 atom stereocenters. The molecule has 4 rings (SSSR count). The number of nitrogens with one attached hydrogen (secondary N) is 1. The number of piperazine rings is 1. The number of nitrogens with zero attached hydrogens (tertiary/aromatic N) is 3. The average molecular weight is 539 g/mol. The monoisotopic (exact) mass is 538 g/mol.